The van der Waals surface area contributed by atoms with Crippen molar-refractivity contribution in [2.45, 2.75) is 17.6 Å². The summed E-state index contributed by atoms with van der Waals surface area (Å²) in [6, 6.07) is 9.74. The standard InChI is InChI=1S/C14H15FN2O3S/c1-14(18,11-5-7-12(15)8-6-11)10-17-21(19,20)13-4-2-3-9-16-13/h2-9,17-18H,10H2,1H3. The summed E-state index contributed by atoms with van der Waals surface area (Å²) >= 11 is 0. The van der Waals surface area contributed by atoms with Gasteiger partial charge < -0.3 is 5.11 Å². The SMILES string of the molecule is CC(O)(CNS(=O)(=O)c1ccccn1)c1ccc(F)cc1. The van der Waals surface area contributed by atoms with E-state index in [1.54, 1.807) is 12.1 Å². The molecule has 21 heavy (non-hydrogen) atoms. The first-order valence-electron chi connectivity index (χ1n) is 6.20. The van der Waals surface area contributed by atoms with Crippen molar-refractivity contribution in [1.29, 1.82) is 0 Å². The van der Waals surface area contributed by atoms with E-state index < -0.39 is 21.4 Å². The zero-order valence-corrected chi connectivity index (χ0v) is 12.1. The summed E-state index contributed by atoms with van der Waals surface area (Å²) in [5, 5.41) is 10.2. The Bertz CT molecular complexity index is 701. The Balaban J connectivity index is 2.13. The lowest BCUT2D eigenvalue weighted by Gasteiger charge is -2.24. The third-order valence-corrected chi connectivity index (χ3v) is 4.30. The molecule has 0 radical (unpaired) electrons. The van der Waals surface area contributed by atoms with Gasteiger partial charge in [0.05, 0.1) is 0 Å². The molecule has 0 aliphatic heterocycles. The van der Waals surface area contributed by atoms with E-state index >= 15 is 0 Å². The first-order valence-corrected chi connectivity index (χ1v) is 7.69. The molecule has 7 heteroatoms. The Labute approximate surface area is 122 Å². The molecule has 1 unspecified atom stereocenters. The van der Waals surface area contributed by atoms with E-state index in [2.05, 4.69) is 9.71 Å². The molecule has 0 fully saturated rings. The Morgan fingerprint density at radius 1 is 1.24 bits per heavy atom. The van der Waals surface area contributed by atoms with Crippen LogP contribution in [0.3, 0.4) is 0 Å². The van der Waals surface area contributed by atoms with Gasteiger partial charge in [0.2, 0.25) is 0 Å². The van der Waals surface area contributed by atoms with Crippen molar-refractivity contribution in [2.24, 2.45) is 0 Å². The van der Waals surface area contributed by atoms with Gasteiger partial charge in [0.15, 0.2) is 5.03 Å². The summed E-state index contributed by atoms with van der Waals surface area (Å²) in [5.41, 5.74) is -1.05. The highest BCUT2D eigenvalue weighted by Gasteiger charge is 2.26. The highest BCUT2D eigenvalue weighted by atomic mass is 32.2. The van der Waals surface area contributed by atoms with Gasteiger partial charge in [-0.3, -0.25) is 0 Å². The maximum Gasteiger partial charge on any atom is 0.258 e. The summed E-state index contributed by atoms with van der Waals surface area (Å²) in [6.45, 7) is 1.19. The number of nitrogens with zero attached hydrogens (tertiary/aromatic N) is 1. The Morgan fingerprint density at radius 3 is 2.48 bits per heavy atom. The van der Waals surface area contributed by atoms with Crippen LogP contribution < -0.4 is 4.72 Å². The maximum atomic E-state index is 12.9. The van der Waals surface area contributed by atoms with Crippen molar-refractivity contribution < 1.29 is 17.9 Å². The predicted octanol–water partition coefficient (Wildman–Crippen LogP) is 1.41. The van der Waals surface area contributed by atoms with Crippen molar-refractivity contribution >= 4 is 10.0 Å². The first kappa shape index (κ1) is 15.6. The van der Waals surface area contributed by atoms with Crippen LogP contribution in [-0.2, 0) is 15.6 Å². The van der Waals surface area contributed by atoms with E-state index in [0.29, 0.717) is 5.56 Å². The number of rotatable bonds is 5. The molecule has 5 nitrogen and oxygen atoms in total. The van der Waals surface area contributed by atoms with Crippen molar-refractivity contribution in [1.82, 2.24) is 9.71 Å². The Morgan fingerprint density at radius 2 is 1.90 bits per heavy atom. The fourth-order valence-corrected chi connectivity index (χ4v) is 2.80. The molecule has 0 bridgehead atoms. The van der Waals surface area contributed by atoms with E-state index in [4.69, 9.17) is 0 Å². The normalized spacial score (nSPS) is 14.6. The number of nitrogens with one attached hydrogen (secondary N) is 1. The highest BCUT2D eigenvalue weighted by molar-refractivity contribution is 7.89. The average molecular weight is 310 g/mol. The molecule has 1 aromatic carbocycles. The van der Waals surface area contributed by atoms with Gasteiger partial charge in [0.1, 0.15) is 11.4 Å². The van der Waals surface area contributed by atoms with Crippen LogP contribution in [0.25, 0.3) is 0 Å². The molecule has 0 aliphatic carbocycles. The maximum absolute atomic E-state index is 12.9. The van der Waals surface area contributed by atoms with Crippen LogP contribution in [0.2, 0.25) is 0 Å². The lowest BCUT2D eigenvalue weighted by molar-refractivity contribution is 0.0626. The van der Waals surface area contributed by atoms with Gasteiger partial charge in [-0.25, -0.2) is 22.5 Å². The first-order chi connectivity index (χ1) is 9.81. The van der Waals surface area contributed by atoms with Crippen LogP contribution in [0.15, 0.2) is 53.7 Å². The van der Waals surface area contributed by atoms with E-state index in [-0.39, 0.29) is 11.6 Å². The van der Waals surface area contributed by atoms with Crippen LogP contribution in [0, 0.1) is 5.82 Å². The minimum atomic E-state index is -3.80. The van der Waals surface area contributed by atoms with Crippen molar-refractivity contribution in [3.05, 3.63) is 60.0 Å². The van der Waals surface area contributed by atoms with E-state index in [9.17, 15) is 17.9 Å². The molecule has 0 amide bonds. The topological polar surface area (TPSA) is 79.3 Å². The molecule has 1 aromatic heterocycles. The lowest BCUT2D eigenvalue weighted by atomic mass is 9.96. The fraction of sp³-hybridized carbons (Fsp3) is 0.214. The van der Waals surface area contributed by atoms with Crippen LogP contribution in [0.4, 0.5) is 4.39 Å². The highest BCUT2D eigenvalue weighted by Crippen LogP contribution is 2.20. The average Bonchev–Trinajstić information content (AvgIpc) is 2.47. The summed E-state index contributed by atoms with van der Waals surface area (Å²) in [4.78, 5) is 3.75. The van der Waals surface area contributed by atoms with Crippen molar-refractivity contribution in [3.8, 4) is 0 Å². The van der Waals surface area contributed by atoms with E-state index in [1.165, 1.54) is 43.5 Å². The third kappa shape index (κ3) is 3.84. The summed E-state index contributed by atoms with van der Waals surface area (Å²) in [5.74, 6) is -0.427. The van der Waals surface area contributed by atoms with Gasteiger partial charge in [0.25, 0.3) is 10.0 Å². The molecule has 112 valence electrons. The van der Waals surface area contributed by atoms with Gasteiger partial charge >= 0.3 is 0 Å². The predicted molar refractivity (Wildman–Crippen MR) is 75.4 cm³/mol. The van der Waals surface area contributed by atoms with E-state index in [0.717, 1.165) is 0 Å². The zero-order valence-electron chi connectivity index (χ0n) is 11.3. The minimum Gasteiger partial charge on any atom is -0.384 e. The molecule has 0 spiro atoms. The number of sulfonamides is 1. The van der Waals surface area contributed by atoms with Crippen molar-refractivity contribution in [2.75, 3.05) is 6.54 Å². The number of aromatic nitrogens is 1. The van der Waals surface area contributed by atoms with Crippen LogP contribution in [-0.4, -0.2) is 25.1 Å². The molecule has 0 saturated heterocycles. The number of halogens is 1. The number of benzene rings is 1. The van der Waals surface area contributed by atoms with Gasteiger partial charge in [-0.2, -0.15) is 0 Å². The molecule has 2 N–H and O–H groups in total. The second-order valence-electron chi connectivity index (χ2n) is 4.77. The van der Waals surface area contributed by atoms with Crippen LogP contribution in [0.5, 0.6) is 0 Å². The molecule has 2 rings (SSSR count). The number of hydrogen-bond donors (Lipinski definition) is 2. The summed E-state index contributed by atoms with van der Waals surface area (Å²) in [7, 11) is -3.80. The minimum absolute atomic E-state index is 0.125. The lowest BCUT2D eigenvalue weighted by Crippen LogP contribution is -2.38. The molecule has 0 aliphatic rings. The molecule has 1 atom stereocenters. The smallest absolute Gasteiger partial charge is 0.258 e. The zero-order chi connectivity index (χ0) is 15.5. The van der Waals surface area contributed by atoms with Gasteiger partial charge in [-0.15, -0.1) is 0 Å². The quantitative estimate of drug-likeness (QED) is 0.875. The molecule has 2 aromatic rings. The second-order valence-corrected chi connectivity index (χ2v) is 6.49. The van der Waals surface area contributed by atoms with E-state index in [1.807, 2.05) is 0 Å². The van der Waals surface area contributed by atoms with Gasteiger partial charge in [-0.1, -0.05) is 18.2 Å². The Kier molecular flexibility index (Phi) is 4.36. The largest absolute Gasteiger partial charge is 0.384 e. The molecule has 1 heterocycles. The molecular formula is C14H15FN2O3S. The third-order valence-electron chi connectivity index (χ3n) is 2.99. The number of aliphatic hydroxyl groups is 1. The van der Waals surface area contributed by atoms with Crippen LogP contribution in [0.1, 0.15) is 12.5 Å². The molecule has 0 saturated carbocycles. The van der Waals surface area contributed by atoms with Crippen molar-refractivity contribution in [3.63, 3.8) is 0 Å². The number of hydrogen-bond acceptors (Lipinski definition) is 4. The Hall–Kier alpha value is -1.83. The summed E-state index contributed by atoms with van der Waals surface area (Å²) in [6.07, 6.45) is 1.37. The fourth-order valence-electron chi connectivity index (χ4n) is 1.73. The van der Waals surface area contributed by atoms with Gasteiger partial charge in [0, 0.05) is 12.7 Å². The molecular weight excluding hydrogens is 295 g/mol. The number of pyridine rings is 1. The monoisotopic (exact) mass is 310 g/mol. The summed E-state index contributed by atoms with van der Waals surface area (Å²) < 4.78 is 39.2. The van der Waals surface area contributed by atoms with Gasteiger partial charge in [-0.05, 0) is 36.8 Å². The van der Waals surface area contributed by atoms with Crippen LogP contribution >= 0.6 is 0 Å². The second kappa shape index (κ2) is 5.88.